The van der Waals surface area contributed by atoms with Crippen LogP contribution in [-0.4, -0.2) is 63.2 Å². The van der Waals surface area contributed by atoms with E-state index in [4.69, 9.17) is 5.26 Å². The van der Waals surface area contributed by atoms with Gasteiger partial charge in [0, 0.05) is 37.8 Å². The molecule has 0 bridgehead atoms. The van der Waals surface area contributed by atoms with Crippen molar-refractivity contribution in [3.8, 4) is 6.07 Å². The van der Waals surface area contributed by atoms with Gasteiger partial charge in [-0.3, -0.25) is 14.7 Å². The lowest BCUT2D eigenvalue weighted by Gasteiger charge is -2.21. The molecule has 2 fully saturated rings. The Morgan fingerprint density at radius 1 is 1.06 bits per heavy atom. The predicted molar refractivity (Wildman–Crippen MR) is 123 cm³/mol. The van der Waals surface area contributed by atoms with Crippen LogP contribution in [0.15, 0.2) is 48.5 Å². The fraction of sp³-hybridized carbons (Fsp3) is 0.320. The Balaban J connectivity index is 1.19. The minimum absolute atomic E-state index is 0.00817. The summed E-state index contributed by atoms with van der Waals surface area (Å²) < 4.78 is 0. The standard InChI is InChI=1S/C25H24N6O2/c26-14-18-3-1-2-17(12-18)4-7-24(32)30-10-8-20-15-31(16-21(20)9-11-30)25(33)19-5-6-22-23(13-19)28-29-27-22/h1-7,12-13,20-21H,8-11,15-16H2,(H,27,28,29)/b7-4+/t20-,21+. The highest BCUT2D eigenvalue weighted by Crippen LogP contribution is 2.33. The Bertz CT molecular complexity index is 1260. The van der Waals surface area contributed by atoms with E-state index in [9.17, 15) is 9.59 Å². The molecule has 0 unspecified atom stereocenters. The summed E-state index contributed by atoms with van der Waals surface area (Å²) >= 11 is 0. The number of amides is 2. The third kappa shape index (κ3) is 4.35. The van der Waals surface area contributed by atoms with Gasteiger partial charge in [-0.25, -0.2) is 0 Å². The maximum Gasteiger partial charge on any atom is 0.253 e. The van der Waals surface area contributed by atoms with Crippen LogP contribution in [0, 0.1) is 23.2 Å². The van der Waals surface area contributed by atoms with E-state index >= 15 is 0 Å². The number of nitriles is 1. The van der Waals surface area contributed by atoms with E-state index in [0.717, 1.165) is 37.0 Å². The molecule has 2 saturated heterocycles. The third-order valence-electron chi connectivity index (χ3n) is 6.72. The molecule has 2 atom stereocenters. The van der Waals surface area contributed by atoms with Gasteiger partial charge in [0.05, 0.1) is 17.1 Å². The number of fused-ring (bicyclic) bond motifs is 2. The molecule has 2 aromatic carbocycles. The average molecular weight is 441 g/mol. The van der Waals surface area contributed by atoms with Crippen molar-refractivity contribution < 1.29 is 9.59 Å². The fourth-order valence-electron chi connectivity index (χ4n) is 4.88. The van der Waals surface area contributed by atoms with E-state index in [-0.39, 0.29) is 11.8 Å². The maximum atomic E-state index is 13.1. The van der Waals surface area contributed by atoms with Gasteiger partial charge in [-0.2, -0.15) is 5.26 Å². The number of benzene rings is 2. The zero-order valence-electron chi connectivity index (χ0n) is 18.1. The van der Waals surface area contributed by atoms with Crippen LogP contribution in [0.1, 0.15) is 34.3 Å². The fourth-order valence-corrected chi connectivity index (χ4v) is 4.88. The second-order valence-electron chi connectivity index (χ2n) is 8.75. The minimum atomic E-state index is -0.00817. The van der Waals surface area contributed by atoms with Crippen molar-refractivity contribution in [2.75, 3.05) is 26.2 Å². The number of hydrogen-bond donors (Lipinski definition) is 1. The minimum Gasteiger partial charge on any atom is -0.339 e. The number of H-pyrrole nitrogens is 1. The quantitative estimate of drug-likeness (QED) is 0.631. The molecule has 0 radical (unpaired) electrons. The van der Waals surface area contributed by atoms with Crippen molar-refractivity contribution in [1.29, 1.82) is 5.26 Å². The van der Waals surface area contributed by atoms with Crippen LogP contribution in [0.3, 0.4) is 0 Å². The van der Waals surface area contributed by atoms with Gasteiger partial charge < -0.3 is 9.80 Å². The summed E-state index contributed by atoms with van der Waals surface area (Å²) in [5.74, 6) is 0.826. The molecule has 33 heavy (non-hydrogen) atoms. The van der Waals surface area contributed by atoms with Gasteiger partial charge >= 0.3 is 0 Å². The van der Waals surface area contributed by atoms with Crippen molar-refractivity contribution >= 4 is 28.9 Å². The summed E-state index contributed by atoms with van der Waals surface area (Å²) in [7, 11) is 0. The lowest BCUT2D eigenvalue weighted by molar-refractivity contribution is -0.126. The smallest absolute Gasteiger partial charge is 0.253 e. The zero-order chi connectivity index (χ0) is 22.8. The molecule has 3 aromatic rings. The summed E-state index contributed by atoms with van der Waals surface area (Å²) in [6.45, 7) is 2.82. The monoisotopic (exact) mass is 440 g/mol. The Kier molecular flexibility index (Phi) is 5.61. The Labute approximate surface area is 191 Å². The van der Waals surface area contributed by atoms with E-state index in [1.54, 1.807) is 30.4 Å². The van der Waals surface area contributed by atoms with Crippen LogP contribution < -0.4 is 0 Å². The predicted octanol–water partition coefficient (Wildman–Crippen LogP) is 2.85. The first kappa shape index (κ1) is 20.9. The first-order chi connectivity index (χ1) is 16.1. The van der Waals surface area contributed by atoms with Gasteiger partial charge in [0.2, 0.25) is 5.91 Å². The molecule has 0 aliphatic carbocycles. The summed E-state index contributed by atoms with van der Waals surface area (Å²) in [4.78, 5) is 29.6. The van der Waals surface area contributed by atoms with Gasteiger partial charge in [0.1, 0.15) is 5.52 Å². The molecular weight excluding hydrogens is 416 g/mol. The largest absolute Gasteiger partial charge is 0.339 e. The molecule has 0 spiro atoms. The average Bonchev–Trinajstić information content (AvgIpc) is 3.44. The first-order valence-electron chi connectivity index (χ1n) is 11.2. The lowest BCUT2D eigenvalue weighted by Crippen LogP contribution is -2.33. The van der Waals surface area contributed by atoms with Crippen LogP contribution >= 0.6 is 0 Å². The molecule has 8 heteroatoms. The molecular formula is C25H24N6O2. The SMILES string of the molecule is N#Cc1cccc(/C=C/C(=O)N2CC[C@@H]3CN(C(=O)c4ccc5[nH]nnc5c4)C[C@@H]3CC2)c1. The Morgan fingerprint density at radius 3 is 2.61 bits per heavy atom. The van der Waals surface area contributed by atoms with Gasteiger partial charge in [-0.05, 0) is 66.6 Å². The Hall–Kier alpha value is -3.99. The number of aromatic nitrogens is 3. The van der Waals surface area contributed by atoms with Crippen molar-refractivity contribution in [3.63, 3.8) is 0 Å². The highest BCUT2D eigenvalue weighted by atomic mass is 16.2. The molecule has 5 rings (SSSR count). The first-order valence-corrected chi connectivity index (χ1v) is 11.2. The number of nitrogens with zero attached hydrogens (tertiary/aromatic N) is 5. The molecule has 2 aliphatic rings. The number of carbonyl (C=O) groups excluding carboxylic acids is 2. The molecule has 0 saturated carbocycles. The number of aromatic amines is 1. The maximum absolute atomic E-state index is 13.1. The van der Waals surface area contributed by atoms with Crippen LogP contribution in [0.5, 0.6) is 0 Å². The number of likely N-dealkylation sites (tertiary alicyclic amines) is 2. The normalized spacial score (nSPS) is 20.6. The lowest BCUT2D eigenvalue weighted by atomic mass is 9.92. The van der Waals surface area contributed by atoms with E-state index < -0.39 is 0 Å². The second-order valence-corrected chi connectivity index (χ2v) is 8.75. The molecule has 2 aliphatic heterocycles. The molecule has 8 nitrogen and oxygen atoms in total. The topological polar surface area (TPSA) is 106 Å². The number of nitrogens with one attached hydrogen (secondary N) is 1. The number of hydrogen-bond acceptors (Lipinski definition) is 5. The zero-order valence-corrected chi connectivity index (χ0v) is 18.1. The number of carbonyl (C=O) groups is 2. The Morgan fingerprint density at radius 2 is 1.85 bits per heavy atom. The van der Waals surface area contributed by atoms with Gasteiger partial charge in [-0.15, -0.1) is 5.10 Å². The molecule has 3 heterocycles. The van der Waals surface area contributed by atoms with Gasteiger partial charge in [0.25, 0.3) is 5.91 Å². The van der Waals surface area contributed by atoms with Crippen molar-refractivity contribution in [1.82, 2.24) is 25.2 Å². The molecule has 1 N–H and O–H groups in total. The van der Waals surface area contributed by atoms with E-state index in [2.05, 4.69) is 21.5 Å². The van der Waals surface area contributed by atoms with Crippen LogP contribution in [0.4, 0.5) is 0 Å². The summed E-state index contributed by atoms with van der Waals surface area (Å²) in [5, 5.41) is 19.6. The summed E-state index contributed by atoms with van der Waals surface area (Å²) in [6.07, 6.45) is 5.13. The highest BCUT2D eigenvalue weighted by Gasteiger charge is 2.37. The van der Waals surface area contributed by atoms with Crippen molar-refractivity contribution in [3.05, 3.63) is 65.2 Å². The van der Waals surface area contributed by atoms with Crippen LogP contribution in [-0.2, 0) is 4.79 Å². The third-order valence-corrected chi connectivity index (χ3v) is 6.72. The summed E-state index contributed by atoms with van der Waals surface area (Å²) in [5.41, 5.74) is 3.56. The molecule has 166 valence electrons. The van der Waals surface area contributed by atoms with Crippen molar-refractivity contribution in [2.45, 2.75) is 12.8 Å². The highest BCUT2D eigenvalue weighted by molar-refractivity contribution is 5.97. The van der Waals surface area contributed by atoms with E-state index in [1.165, 1.54) is 0 Å². The molecule has 2 amide bonds. The van der Waals surface area contributed by atoms with Crippen LogP contribution in [0.2, 0.25) is 0 Å². The van der Waals surface area contributed by atoms with Crippen LogP contribution in [0.25, 0.3) is 17.1 Å². The van der Waals surface area contributed by atoms with E-state index in [1.807, 2.05) is 34.1 Å². The van der Waals surface area contributed by atoms with Crippen molar-refractivity contribution in [2.24, 2.45) is 11.8 Å². The second kappa shape index (κ2) is 8.87. The van der Waals surface area contributed by atoms with Gasteiger partial charge in [-0.1, -0.05) is 17.3 Å². The summed E-state index contributed by atoms with van der Waals surface area (Å²) in [6, 6.07) is 14.8. The molecule has 1 aromatic heterocycles. The number of rotatable bonds is 3. The van der Waals surface area contributed by atoms with Gasteiger partial charge in [0.15, 0.2) is 0 Å². The van der Waals surface area contributed by atoms with E-state index in [0.29, 0.717) is 41.6 Å².